The maximum absolute atomic E-state index is 11.8. The van der Waals surface area contributed by atoms with Crippen molar-refractivity contribution < 1.29 is 9.53 Å². The molecule has 0 bridgehead atoms. The van der Waals surface area contributed by atoms with E-state index in [-0.39, 0.29) is 11.6 Å². The zero-order chi connectivity index (χ0) is 15.2. The van der Waals surface area contributed by atoms with Gasteiger partial charge in [-0.2, -0.15) is 0 Å². The van der Waals surface area contributed by atoms with Crippen molar-refractivity contribution in [2.45, 2.75) is 77.9 Å². The van der Waals surface area contributed by atoms with Crippen LogP contribution in [0.2, 0.25) is 0 Å². The molecule has 0 aromatic carbocycles. The molecule has 4 nitrogen and oxygen atoms in total. The Morgan fingerprint density at radius 3 is 2.35 bits per heavy atom. The van der Waals surface area contributed by atoms with Crippen molar-refractivity contribution in [1.29, 1.82) is 0 Å². The molecule has 1 aliphatic rings. The fourth-order valence-corrected chi connectivity index (χ4v) is 2.39. The van der Waals surface area contributed by atoms with Crippen LogP contribution in [0.1, 0.15) is 66.7 Å². The van der Waals surface area contributed by atoms with Crippen LogP contribution in [0.4, 0.5) is 4.79 Å². The molecule has 0 aliphatic heterocycles. The number of alkyl carbamates (subject to hydrolysis) is 1. The lowest BCUT2D eigenvalue weighted by Crippen LogP contribution is -2.53. The van der Waals surface area contributed by atoms with E-state index in [2.05, 4.69) is 24.5 Å². The number of hydrogen-bond acceptors (Lipinski definition) is 3. The fraction of sp³-hybridized carbons (Fsp3) is 0.938. The third kappa shape index (κ3) is 6.60. The van der Waals surface area contributed by atoms with Crippen LogP contribution in [-0.2, 0) is 4.74 Å². The Labute approximate surface area is 124 Å². The number of rotatable bonds is 8. The Balaban J connectivity index is 2.36. The summed E-state index contributed by atoms with van der Waals surface area (Å²) in [5.74, 6) is 0.680. The van der Waals surface area contributed by atoms with E-state index < -0.39 is 5.60 Å². The van der Waals surface area contributed by atoms with Gasteiger partial charge in [0.2, 0.25) is 0 Å². The first-order valence-electron chi connectivity index (χ1n) is 7.99. The standard InChI is InChI=1S/C16H32N2O2/c1-6-7-8-11-18-16(5,13-9-10-13)12-17-14(19)20-15(2,3)4/h13,18H,6-12H2,1-5H3,(H,17,19). The number of amides is 1. The minimum atomic E-state index is -0.436. The highest BCUT2D eigenvalue weighted by atomic mass is 16.6. The fourth-order valence-electron chi connectivity index (χ4n) is 2.39. The summed E-state index contributed by atoms with van der Waals surface area (Å²) in [4.78, 5) is 11.8. The van der Waals surface area contributed by atoms with Gasteiger partial charge in [-0.15, -0.1) is 0 Å². The second-order valence-electron chi connectivity index (χ2n) is 7.18. The van der Waals surface area contributed by atoms with Gasteiger partial charge in [0.05, 0.1) is 0 Å². The van der Waals surface area contributed by atoms with Crippen LogP contribution in [-0.4, -0.2) is 30.3 Å². The van der Waals surface area contributed by atoms with E-state index in [1.807, 2.05) is 20.8 Å². The van der Waals surface area contributed by atoms with Crippen molar-refractivity contribution >= 4 is 6.09 Å². The molecular weight excluding hydrogens is 252 g/mol. The maximum Gasteiger partial charge on any atom is 0.407 e. The topological polar surface area (TPSA) is 50.4 Å². The van der Waals surface area contributed by atoms with Crippen molar-refractivity contribution in [3.63, 3.8) is 0 Å². The van der Waals surface area contributed by atoms with E-state index in [1.165, 1.54) is 32.1 Å². The second kappa shape index (κ2) is 7.30. The molecule has 1 amide bonds. The lowest BCUT2D eigenvalue weighted by molar-refractivity contribution is 0.0508. The molecule has 1 atom stereocenters. The monoisotopic (exact) mass is 284 g/mol. The van der Waals surface area contributed by atoms with Gasteiger partial charge in [-0.3, -0.25) is 0 Å². The van der Waals surface area contributed by atoms with Crippen molar-refractivity contribution in [3.8, 4) is 0 Å². The molecule has 2 N–H and O–H groups in total. The predicted molar refractivity (Wildman–Crippen MR) is 82.9 cm³/mol. The number of carbonyl (C=O) groups is 1. The lowest BCUT2D eigenvalue weighted by atomic mass is 9.95. The van der Waals surface area contributed by atoms with Gasteiger partial charge in [0.15, 0.2) is 0 Å². The molecule has 1 fully saturated rings. The Bertz CT molecular complexity index is 308. The maximum atomic E-state index is 11.8. The molecule has 0 heterocycles. The quantitative estimate of drug-likeness (QED) is 0.671. The van der Waals surface area contributed by atoms with Crippen LogP contribution in [0.15, 0.2) is 0 Å². The second-order valence-corrected chi connectivity index (χ2v) is 7.18. The first kappa shape index (κ1) is 17.3. The average Bonchev–Trinajstić information content (AvgIpc) is 3.14. The van der Waals surface area contributed by atoms with Gasteiger partial charge in [0.1, 0.15) is 5.60 Å². The summed E-state index contributed by atoms with van der Waals surface area (Å²) in [6.07, 6.45) is 5.89. The first-order chi connectivity index (χ1) is 9.27. The van der Waals surface area contributed by atoms with Gasteiger partial charge in [-0.05, 0) is 59.4 Å². The number of ether oxygens (including phenoxy) is 1. The van der Waals surface area contributed by atoms with Gasteiger partial charge in [0, 0.05) is 12.1 Å². The van der Waals surface area contributed by atoms with Crippen LogP contribution in [0.25, 0.3) is 0 Å². The molecule has 0 aromatic rings. The summed E-state index contributed by atoms with van der Waals surface area (Å²) in [5, 5.41) is 6.56. The molecule has 0 saturated heterocycles. The van der Waals surface area contributed by atoms with Crippen LogP contribution < -0.4 is 10.6 Å². The summed E-state index contributed by atoms with van der Waals surface area (Å²) in [5.41, 5.74) is -0.431. The predicted octanol–water partition coefficient (Wildman–Crippen LogP) is 3.46. The van der Waals surface area contributed by atoms with E-state index in [1.54, 1.807) is 0 Å². The van der Waals surface area contributed by atoms with Crippen LogP contribution in [0, 0.1) is 5.92 Å². The molecule has 1 rings (SSSR count). The number of carbonyl (C=O) groups excluding carboxylic acids is 1. The van der Waals surface area contributed by atoms with Crippen molar-refractivity contribution in [2.75, 3.05) is 13.1 Å². The Morgan fingerprint density at radius 1 is 1.20 bits per heavy atom. The number of unbranched alkanes of at least 4 members (excludes halogenated alkanes) is 2. The Morgan fingerprint density at radius 2 is 1.85 bits per heavy atom. The van der Waals surface area contributed by atoms with Crippen molar-refractivity contribution in [1.82, 2.24) is 10.6 Å². The van der Waals surface area contributed by atoms with Crippen molar-refractivity contribution in [2.24, 2.45) is 5.92 Å². The summed E-state index contributed by atoms with van der Waals surface area (Å²) < 4.78 is 5.30. The molecule has 1 saturated carbocycles. The van der Waals surface area contributed by atoms with Gasteiger partial charge in [-0.25, -0.2) is 4.79 Å². The van der Waals surface area contributed by atoms with Gasteiger partial charge < -0.3 is 15.4 Å². The molecule has 118 valence electrons. The highest BCUT2D eigenvalue weighted by Crippen LogP contribution is 2.39. The summed E-state index contributed by atoms with van der Waals surface area (Å²) in [7, 11) is 0. The van der Waals surface area contributed by atoms with E-state index in [4.69, 9.17) is 4.74 Å². The van der Waals surface area contributed by atoms with Gasteiger partial charge in [0.25, 0.3) is 0 Å². The van der Waals surface area contributed by atoms with E-state index in [9.17, 15) is 4.79 Å². The summed E-state index contributed by atoms with van der Waals surface area (Å²) in [6.45, 7) is 11.7. The number of nitrogens with one attached hydrogen (secondary N) is 2. The van der Waals surface area contributed by atoms with E-state index in [0.717, 1.165) is 6.54 Å². The normalized spacial score (nSPS) is 18.4. The SMILES string of the molecule is CCCCCNC(C)(CNC(=O)OC(C)(C)C)C1CC1. The Kier molecular flexibility index (Phi) is 6.31. The minimum absolute atomic E-state index is 0.00461. The molecule has 1 unspecified atom stereocenters. The summed E-state index contributed by atoms with van der Waals surface area (Å²) in [6, 6.07) is 0. The lowest BCUT2D eigenvalue weighted by Gasteiger charge is -2.32. The van der Waals surface area contributed by atoms with Crippen LogP contribution in [0.5, 0.6) is 0 Å². The molecule has 0 spiro atoms. The number of hydrogen-bond donors (Lipinski definition) is 2. The Hall–Kier alpha value is -0.770. The molecular formula is C16H32N2O2. The third-order valence-corrected chi connectivity index (χ3v) is 3.79. The molecule has 0 radical (unpaired) electrons. The highest BCUT2D eigenvalue weighted by molar-refractivity contribution is 5.67. The zero-order valence-corrected chi connectivity index (χ0v) is 13.8. The highest BCUT2D eigenvalue weighted by Gasteiger charge is 2.41. The third-order valence-electron chi connectivity index (χ3n) is 3.79. The molecule has 4 heteroatoms. The van der Waals surface area contributed by atoms with Crippen molar-refractivity contribution in [3.05, 3.63) is 0 Å². The van der Waals surface area contributed by atoms with Crippen LogP contribution in [0.3, 0.4) is 0 Å². The minimum Gasteiger partial charge on any atom is -0.444 e. The first-order valence-corrected chi connectivity index (χ1v) is 7.99. The smallest absolute Gasteiger partial charge is 0.407 e. The van der Waals surface area contributed by atoms with Gasteiger partial charge >= 0.3 is 6.09 Å². The zero-order valence-electron chi connectivity index (χ0n) is 13.8. The van der Waals surface area contributed by atoms with Gasteiger partial charge in [-0.1, -0.05) is 19.8 Å². The molecule has 1 aliphatic carbocycles. The van der Waals surface area contributed by atoms with E-state index in [0.29, 0.717) is 12.5 Å². The summed E-state index contributed by atoms with van der Waals surface area (Å²) >= 11 is 0. The largest absolute Gasteiger partial charge is 0.444 e. The average molecular weight is 284 g/mol. The molecule has 0 aromatic heterocycles. The van der Waals surface area contributed by atoms with Crippen LogP contribution >= 0.6 is 0 Å². The van der Waals surface area contributed by atoms with E-state index >= 15 is 0 Å². The molecule has 20 heavy (non-hydrogen) atoms.